The monoisotopic (exact) mass is 549 g/mol. The van der Waals surface area contributed by atoms with Crippen molar-refractivity contribution in [3.8, 4) is 0 Å². The fourth-order valence-electron chi connectivity index (χ4n) is 4.81. The maximum atomic E-state index is 13.5. The smallest absolute Gasteiger partial charge is 0.251 e. The molecule has 7 heteroatoms. The van der Waals surface area contributed by atoms with Gasteiger partial charge in [-0.2, -0.15) is 0 Å². The number of rotatable bonds is 17. The first-order chi connectivity index (χ1) is 19.5. The lowest BCUT2D eigenvalue weighted by Gasteiger charge is -2.48. The molecule has 0 aromatic heterocycles. The number of carbonyl (C=O) groups is 1. The summed E-state index contributed by atoms with van der Waals surface area (Å²) in [4.78, 5) is 13.5. The van der Waals surface area contributed by atoms with E-state index in [0.29, 0.717) is 25.4 Å². The van der Waals surface area contributed by atoms with Gasteiger partial charge in [-0.05, 0) is 31.0 Å². The molecule has 40 heavy (non-hydrogen) atoms. The maximum absolute atomic E-state index is 13.5. The Bertz CT molecular complexity index is 1060. The summed E-state index contributed by atoms with van der Waals surface area (Å²) < 4.78 is 31.5. The Kier molecular flexibility index (Phi) is 13.3. The number of carbonyl (C=O) groups excluding carboxylic acids is 1. The van der Waals surface area contributed by atoms with Crippen molar-refractivity contribution in [3.05, 3.63) is 109 Å². The van der Waals surface area contributed by atoms with Gasteiger partial charge in [0.25, 0.3) is 5.91 Å². The fraction of sp³-hybridized carbons (Fsp3) is 0.424. The number of hydrogen-bond donors (Lipinski definition) is 1. The minimum atomic E-state index is -0.710. The van der Waals surface area contributed by atoms with Gasteiger partial charge in [0.15, 0.2) is 6.29 Å². The molecule has 2 aromatic rings. The van der Waals surface area contributed by atoms with Gasteiger partial charge in [-0.3, -0.25) is 4.79 Å². The number of amides is 1. The number of ether oxygens (including phenoxy) is 5. The van der Waals surface area contributed by atoms with Crippen molar-refractivity contribution in [2.24, 2.45) is 5.92 Å². The fourth-order valence-corrected chi connectivity index (χ4v) is 4.81. The van der Waals surface area contributed by atoms with Gasteiger partial charge >= 0.3 is 0 Å². The topological polar surface area (TPSA) is 75.2 Å². The van der Waals surface area contributed by atoms with Gasteiger partial charge in [0, 0.05) is 12.2 Å². The normalized spacial score (nSPS) is 23.2. The predicted molar refractivity (Wildman–Crippen MR) is 157 cm³/mol. The Balaban J connectivity index is 2.10. The second-order valence-corrected chi connectivity index (χ2v) is 9.72. The van der Waals surface area contributed by atoms with Crippen LogP contribution >= 0.6 is 0 Å². The van der Waals surface area contributed by atoms with Crippen molar-refractivity contribution < 1.29 is 28.5 Å². The molecule has 0 bridgehead atoms. The number of nitrogens with one attached hydrogen (secondary N) is 1. The molecule has 0 saturated carbocycles. The Morgan fingerprint density at radius 1 is 0.925 bits per heavy atom. The molecule has 6 atom stereocenters. The SMILES string of the molecule is C=CCOC[C@H]1O[C@@H](OCCC)[C@H]([C@H](NC(=O)c2ccccc2)c2ccc(C)cc2)[C@@H](OCC=C)[C@H]1OCC=C. The molecule has 3 rings (SSSR count). The van der Waals surface area contributed by atoms with Crippen molar-refractivity contribution >= 4 is 5.91 Å². The largest absolute Gasteiger partial charge is 0.375 e. The maximum Gasteiger partial charge on any atom is 0.251 e. The summed E-state index contributed by atoms with van der Waals surface area (Å²) in [5.74, 6) is -0.671. The van der Waals surface area contributed by atoms with Crippen LogP contribution in [-0.4, -0.2) is 63.5 Å². The Labute approximate surface area is 238 Å². The van der Waals surface area contributed by atoms with Gasteiger partial charge < -0.3 is 29.0 Å². The van der Waals surface area contributed by atoms with Crippen LogP contribution in [0.2, 0.25) is 0 Å². The highest BCUT2D eigenvalue weighted by Gasteiger charge is 2.51. The number of aryl methyl sites for hydroxylation is 1. The number of hydrogen-bond acceptors (Lipinski definition) is 6. The van der Waals surface area contributed by atoms with E-state index < -0.39 is 36.6 Å². The zero-order valence-electron chi connectivity index (χ0n) is 23.7. The van der Waals surface area contributed by atoms with E-state index in [1.807, 2.05) is 56.3 Å². The van der Waals surface area contributed by atoms with Gasteiger partial charge in [-0.25, -0.2) is 0 Å². The first-order valence-corrected chi connectivity index (χ1v) is 13.9. The van der Waals surface area contributed by atoms with E-state index in [2.05, 4.69) is 25.1 Å². The Hall–Kier alpha value is -3.07. The van der Waals surface area contributed by atoms with Crippen molar-refractivity contribution in [2.75, 3.05) is 33.0 Å². The molecular formula is C33H43NO6. The molecule has 1 heterocycles. The molecular weight excluding hydrogens is 506 g/mol. The van der Waals surface area contributed by atoms with Crippen LogP contribution in [0.25, 0.3) is 0 Å². The zero-order valence-corrected chi connectivity index (χ0v) is 23.7. The molecule has 0 radical (unpaired) electrons. The zero-order chi connectivity index (χ0) is 28.7. The molecule has 1 saturated heterocycles. The first kappa shape index (κ1) is 31.5. The highest BCUT2D eigenvalue weighted by atomic mass is 16.7. The highest BCUT2D eigenvalue weighted by Crippen LogP contribution is 2.40. The number of benzene rings is 2. The van der Waals surface area contributed by atoms with Crippen LogP contribution in [0.15, 0.2) is 92.6 Å². The summed E-state index contributed by atoms with van der Waals surface area (Å²) in [7, 11) is 0. The summed E-state index contributed by atoms with van der Waals surface area (Å²) in [6.07, 6.45) is 3.61. The molecule has 1 amide bonds. The third kappa shape index (κ3) is 8.71. The summed E-state index contributed by atoms with van der Waals surface area (Å²) in [6, 6.07) is 16.7. The predicted octanol–water partition coefficient (Wildman–Crippen LogP) is 5.58. The lowest BCUT2D eigenvalue weighted by atomic mass is 9.81. The van der Waals surface area contributed by atoms with Crippen molar-refractivity contribution in [3.63, 3.8) is 0 Å². The molecule has 216 valence electrons. The molecule has 2 aromatic carbocycles. The van der Waals surface area contributed by atoms with Crippen LogP contribution in [0.5, 0.6) is 0 Å². The van der Waals surface area contributed by atoms with Crippen LogP contribution in [0.3, 0.4) is 0 Å². The van der Waals surface area contributed by atoms with E-state index in [4.69, 9.17) is 23.7 Å². The standard InChI is InChI=1S/C33H43NO6/c1-6-19-36-23-27-30(37-20-7-2)31(38-21-8-3)28(33(40-27)39-22-9-4)29(25-17-15-24(5)16-18-25)34-32(35)26-13-11-10-12-14-26/h6-8,10-18,27-31,33H,1-3,9,19-23H2,4-5H3,(H,34,35)/t27-,28-,29-,30+,31-,33-/m1/s1. The second kappa shape index (κ2) is 16.9. The van der Waals surface area contributed by atoms with Crippen LogP contribution in [0.1, 0.15) is 40.9 Å². The van der Waals surface area contributed by atoms with Crippen LogP contribution in [0, 0.1) is 12.8 Å². The van der Waals surface area contributed by atoms with E-state index in [-0.39, 0.29) is 19.1 Å². The third-order valence-corrected chi connectivity index (χ3v) is 6.65. The van der Waals surface area contributed by atoms with Gasteiger partial charge in [-0.15, -0.1) is 19.7 Å². The Morgan fingerprint density at radius 3 is 2.20 bits per heavy atom. The molecule has 0 unspecified atom stereocenters. The molecule has 0 aliphatic carbocycles. The average Bonchev–Trinajstić information content (AvgIpc) is 2.98. The minimum absolute atomic E-state index is 0.206. The minimum Gasteiger partial charge on any atom is -0.375 e. The average molecular weight is 550 g/mol. The van der Waals surface area contributed by atoms with Crippen LogP contribution in [-0.2, 0) is 23.7 Å². The molecule has 7 nitrogen and oxygen atoms in total. The van der Waals surface area contributed by atoms with Crippen LogP contribution in [0.4, 0.5) is 0 Å². The molecule has 1 N–H and O–H groups in total. The summed E-state index contributed by atoms with van der Waals surface area (Å²) in [6.45, 7) is 17.2. The highest BCUT2D eigenvalue weighted by molar-refractivity contribution is 5.94. The van der Waals surface area contributed by atoms with Gasteiger partial charge in [0.1, 0.15) is 12.2 Å². The summed E-state index contributed by atoms with van der Waals surface area (Å²) in [5, 5.41) is 3.27. The van der Waals surface area contributed by atoms with E-state index in [1.165, 1.54) is 0 Å². The van der Waals surface area contributed by atoms with Crippen molar-refractivity contribution in [1.82, 2.24) is 5.32 Å². The second-order valence-electron chi connectivity index (χ2n) is 9.72. The molecule has 1 aliphatic rings. The lowest BCUT2D eigenvalue weighted by Crippen LogP contribution is -2.61. The van der Waals surface area contributed by atoms with Gasteiger partial charge in [-0.1, -0.05) is 73.2 Å². The van der Waals surface area contributed by atoms with E-state index in [1.54, 1.807) is 30.4 Å². The summed E-state index contributed by atoms with van der Waals surface area (Å²) in [5.41, 5.74) is 2.58. The van der Waals surface area contributed by atoms with Gasteiger partial charge in [0.2, 0.25) is 0 Å². The molecule has 0 spiro atoms. The van der Waals surface area contributed by atoms with E-state index in [9.17, 15) is 4.79 Å². The quantitative estimate of drug-likeness (QED) is 0.205. The first-order valence-electron chi connectivity index (χ1n) is 13.9. The van der Waals surface area contributed by atoms with Crippen LogP contribution < -0.4 is 5.32 Å². The van der Waals surface area contributed by atoms with Gasteiger partial charge in [0.05, 0.1) is 44.5 Å². The summed E-state index contributed by atoms with van der Waals surface area (Å²) >= 11 is 0. The van der Waals surface area contributed by atoms with E-state index in [0.717, 1.165) is 17.5 Å². The third-order valence-electron chi connectivity index (χ3n) is 6.65. The van der Waals surface area contributed by atoms with E-state index >= 15 is 0 Å². The Morgan fingerprint density at radius 2 is 1.57 bits per heavy atom. The lowest BCUT2D eigenvalue weighted by molar-refractivity contribution is -0.303. The molecule has 1 fully saturated rings. The molecule has 1 aliphatic heterocycles. The van der Waals surface area contributed by atoms with Crippen molar-refractivity contribution in [2.45, 2.75) is 50.9 Å². The van der Waals surface area contributed by atoms with Crippen molar-refractivity contribution in [1.29, 1.82) is 0 Å².